The summed E-state index contributed by atoms with van der Waals surface area (Å²) >= 11 is 0. The Balaban J connectivity index is 1.42. The van der Waals surface area contributed by atoms with E-state index in [9.17, 15) is 18.3 Å². The Morgan fingerprint density at radius 2 is 2.00 bits per heavy atom. The van der Waals surface area contributed by atoms with Crippen molar-refractivity contribution in [2.75, 3.05) is 5.32 Å². The number of rotatable bonds is 5. The van der Waals surface area contributed by atoms with E-state index in [1.807, 2.05) is 19.9 Å². The molecule has 0 aliphatic heterocycles. The van der Waals surface area contributed by atoms with Crippen LogP contribution in [0.1, 0.15) is 22.7 Å². The smallest absolute Gasteiger partial charge is 0.417 e. The van der Waals surface area contributed by atoms with Crippen LogP contribution < -0.4 is 15.1 Å². The highest BCUT2D eigenvalue weighted by Crippen LogP contribution is 2.30. The summed E-state index contributed by atoms with van der Waals surface area (Å²) in [6, 6.07) is 3.48. The van der Waals surface area contributed by atoms with Gasteiger partial charge in [-0.15, -0.1) is 0 Å². The van der Waals surface area contributed by atoms with Crippen LogP contribution in [0.15, 0.2) is 57.0 Å². The first-order valence-corrected chi connectivity index (χ1v) is 9.48. The van der Waals surface area contributed by atoms with Crippen molar-refractivity contribution in [3.63, 3.8) is 0 Å². The Bertz CT molecular complexity index is 1280. The molecule has 0 saturated heterocycles. The lowest BCUT2D eigenvalue weighted by atomic mass is 10.1. The maximum atomic E-state index is 12.7. The van der Waals surface area contributed by atoms with Crippen molar-refractivity contribution in [1.82, 2.24) is 20.4 Å². The number of halogens is 3. The molecule has 0 aliphatic carbocycles. The highest BCUT2D eigenvalue weighted by Gasteiger charge is 2.31. The van der Waals surface area contributed by atoms with Gasteiger partial charge in [-0.3, -0.25) is 14.5 Å². The van der Waals surface area contributed by atoms with E-state index in [4.69, 9.17) is 9.05 Å². The zero-order valence-electron chi connectivity index (χ0n) is 17.3. The molecular weight excluding hydrogens is 443 g/mol. The fraction of sp³-hybridized carbons (Fsp3) is 0.200. The summed E-state index contributed by atoms with van der Waals surface area (Å²) in [7, 11) is 0. The van der Waals surface area contributed by atoms with E-state index >= 15 is 0 Å². The Morgan fingerprint density at radius 1 is 1.18 bits per heavy atom. The summed E-state index contributed by atoms with van der Waals surface area (Å²) in [5.41, 5.74) is 2.01. The first-order valence-electron chi connectivity index (χ1n) is 9.48. The second-order valence-corrected chi connectivity index (χ2v) is 6.98. The topological polar surface area (TPSA) is 129 Å². The molecule has 0 radical (unpaired) electrons. The van der Waals surface area contributed by atoms with Crippen LogP contribution in [-0.2, 0) is 12.7 Å². The van der Waals surface area contributed by atoms with E-state index in [1.165, 1.54) is 10.9 Å². The van der Waals surface area contributed by atoms with Crippen LogP contribution in [0.2, 0.25) is 0 Å². The predicted octanol–water partition coefficient (Wildman–Crippen LogP) is 2.55. The van der Waals surface area contributed by atoms with Crippen LogP contribution in [0.25, 0.3) is 11.1 Å². The third kappa shape index (κ3) is 5.14. The predicted molar refractivity (Wildman–Crippen MR) is 105 cm³/mol. The van der Waals surface area contributed by atoms with Crippen LogP contribution in [0.4, 0.5) is 24.7 Å². The second kappa shape index (κ2) is 8.68. The number of aliphatic imine (C=N–C) groups is 1. The number of nitrogens with one attached hydrogen (secondary N) is 1. The van der Waals surface area contributed by atoms with Crippen molar-refractivity contribution >= 4 is 17.6 Å². The molecule has 0 amide bonds. The molecule has 4 rings (SSSR count). The molecule has 0 aromatic carbocycles. The fourth-order valence-corrected chi connectivity index (χ4v) is 3.03. The van der Waals surface area contributed by atoms with E-state index in [1.54, 1.807) is 12.3 Å². The molecule has 4 heterocycles. The highest BCUT2D eigenvalue weighted by molar-refractivity contribution is 5.86. The molecule has 10 nitrogen and oxygen atoms in total. The minimum Gasteiger partial charge on any atom is -0.846 e. The molecule has 0 aliphatic rings. The van der Waals surface area contributed by atoms with Crippen LogP contribution in [-0.4, -0.2) is 26.4 Å². The number of pyridine rings is 2. The second-order valence-electron chi connectivity index (χ2n) is 6.98. The molecule has 0 unspecified atom stereocenters. The van der Waals surface area contributed by atoms with Gasteiger partial charge in [0.2, 0.25) is 11.8 Å². The SMILES string of the molecule is Cc1noc(C)c1-c1ccc(C[n+]2cc(/N=C(\[O-])Nc3cncc(C(F)(F)F)c3)on2)nc1. The summed E-state index contributed by atoms with van der Waals surface area (Å²) in [6.45, 7) is 3.90. The molecule has 13 heteroatoms. The lowest BCUT2D eigenvalue weighted by Crippen LogP contribution is -2.35. The normalized spacial score (nSPS) is 12.2. The average Bonchev–Trinajstić information content (AvgIpc) is 3.33. The standard InChI is InChI=1S/C20H16F3N7O3/c1-11-18(12(2)32-28-11)13-3-4-15(25-6-13)9-30-10-17(33-29-30)27-19(31)26-16-5-14(7-24-8-16)20(21,22)23/h3-8,10H,9H2,1-2H3,(H-,26,27,29,31). The minimum atomic E-state index is -4.58. The van der Waals surface area contributed by atoms with Gasteiger partial charge in [-0.1, -0.05) is 11.2 Å². The number of aromatic nitrogens is 5. The first-order chi connectivity index (χ1) is 15.7. The lowest BCUT2D eigenvalue weighted by molar-refractivity contribution is -0.755. The Hall–Kier alpha value is -4.29. The van der Waals surface area contributed by atoms with E-state index in [0.717, 1.165) is 29.1 Å². The minimum absolute atomic E-state index is 0.139. The number of amidine groups is 1. The molecule has 0 atom stereocenters. The molecule has 33 heavy (non-hydrogen) atoms. The maximum Gasteiger partial charge on any atom is 0.417 e. The Kier molecular flexibility index (Phi) is 5.77. The summed E-state index contributed by atoms with van der Waals surface area (Å²) in [4.78, 5) is 11.5. The van der Waals surface area contributed by atoms with Gasteiger partial charge < -0.3 is 14.9 Å². The zero-order chi connectivity index (χ0) is 23.6. The van der Waals surface area contributed by atoms with Gasteiger partial charge in [-0.2, -0.15) is 13.2 Å². The van der Waals surface area contributed by atoms with Crippen LogP contribution >= 0.6 is 0 Å². The van der Waals surface area contributed by atoms with E-state index in [2.05, 4.69) is 30.7 Å². The Labute approximate surface area is 184 Å². The number of hydrogen-bond acceptors (Lipinski definition) is 8. The van der Waals surface area contributed by atoms with Crippen LogP contribution in [0, 0.1) is 13.8 Å². The van der Waals surface area contributed by atoms with Gasteiger partial charge in [0.15, 0.2) is 0 Å². The number of nitrogens with zero attached hydrogens (tertiary/aromatic N) is 6. The summed E-state index contributed by atoms with van der Waals surface area (Å²) in [5.74, 6) is 0.554. The molecular formula is C20H16F3N7O3. The van der Waals surface area contributed by atoms with Gasteiger partial charge in [0.25, 0.3) is 6.20 Å². The average molecular weight is 459 g/mol. The summed E-state index contributed by atoms with van der Waals surface area (Å²) in [6.07, 6.45) is 0.182. The van der Waals surface area contributed by atoms with E-state index < -0.39 is 17.8 Å². The van der Waals surface area contributed by atoms with Crippen molar-refractivity contribution in [3.8, 4) is 11.1 Å². The molecule has 1 N–H and O–H groups in total. The molecule has 0 saturated carbocycles. The number of alkyl halides is 3. The van der Waals surface area contributed by atoms with Crippen molar-refractivity contribution in [3.05, 3.63) is 65.7 Å². The zero-order valence-corrected chi connectivity index (χ0v) is 17.3. The largest absolute Gasteiger partial charge is 0.846 e. The third-order valence-electron chi connectivity index (χ3n) is 4.50. The molecule has 0 fully saturated rings. The first kappa shape index (κ1) is 21.9. The van der Waals surface area contributed by atoms with Gasteiger partial charge in [-0.25, -0.2) is 4.99 Å². The number of aryl methyl sites for hydroxylation is 2. The monoisotopic (exact) mass is 459 g/mol. The quantitative estimate of drug-likeness (QED) is 0.274. The lowest BCUT2D eigenvalue weighted by Gasteiger charge is -2.13. The van der Waals surface area contributed by atoms with Crippen molar-refractivity contribution < 1.29 is 32.0 Å². The number of anilines is 1. The molecule has 0 bridgehead atoms. The van der Waals surface area contributed by atoms with Crippen LogP contribution in [0.3, 0.4) is 0 Å². The molecule has 0 spiro atoms. The van der Waals surface area contributed by atoms with Crippen molar-refractivity contribution in [2.24, 2.45) is 4.99 Å². The third-order valence-corrected chi connectivity index (χ3v) is 4.50. The molecule has 4 aromatic heterocycles. The van der Waals surface area contributed by atoms with Crippen molar-refractivity contribution in [2.45, 2.75) is 26.6 Å². The van der Waals surface area contributed by atoms with Gasteiger partial charge in [0, 0.05) is 23.5 Å². The summed E-state index contributed by atoms with van der Waals surface area (Å²) in [5, 5.41) is 21.9. The maximum absolute atomic E-state index is 12.7. The van der Waals surface area contributed by atoms with E-state index in [-0.39, 0.29) is 18.1 Å². The highest BCUT2D eigenvalue weighted by atomic mass is 19.4. The van der Waals surface area contributed by atoms with Gasteiger partial charge in [0.1, 0.15) is 11.5 Å². The van der Waals surface area contributed by atoms with Crippen LogP contribution in [0.5, 0.6) is 0 Å². The van der Waals surface area contributed by atoms with E-state index in [0.29, 0.717) is 17.7 Å². The molecule has 4 aromatic rings. The fourth-order valence-electron chi connectivity index (χ4n) is 3.03. The van der Waals surface area contributed by atoms with Gasteiger partial charge in [-0.05, 0) is 30.7 Å². The Morgan fingerprint density at radius 3 is 2.67 bits per heavy atom. The summed E-state index contributed by atoms with van der Waals surface area (Å²) < 4.78 is 49.8. The molecule has 170 valence electrons. The van der Waals surface area contributed by atoms with Crippen molar-refractivity contribution in [1.29, 1.82) is 0 Å². The van der Waals surface area contributed by atoms with Gasteiger partial charge in [0.05, 0.1) is 29.2 Å². The number of hydrogen-bond donors (Lipinski definition) is 1. The van der Waals surface area contributed by atoms with Gasteiger partial charge >= 0.3 is 12.1 Å².